The fourth-order valence-corrected chi connectivity index (χ4v) is 3.42. The average Bonchev–Trinajstić information content (AvgIpc) is 2.75. The Morgan fingerprint density at radius 1 is 1.23 bits per heavy atom. The van der Waals surface area contributed by atoms with Crippen LogP contribution in [0.5, 0.6) is 0 Å². The van der Waals surface area contributed by atoms with Crippen LogP contribution in [0.15, 0.2) is 6.07 Å². The van der Waals surface area contributed by atoms with E-state index in [9.17, 15) is 0 Å². The van der Waals surface area contributed by atoms with Gasteiger partial charge in [0, 0.05) is 49.6 Å². The number of nitrogens with two attached hydrogens (primary N) is 2. The molecule has 122 valence electrons. The SMILES string of the molecule is CC1NNC(C)C1CN(C)c1cc(C2CC(N)C2)nc(N)n1. The van der Waals surface area contributed by atoms with Gasteiger partial charge in [0.15, 0.2) is 0 Å². The molecular formula is C15H27N7. The Morgan fingerprint density at radius 2 is 1.86 bits per heavy atom. The van der Waals surface area contributed by atoms with Crippen LogP contribution in [-0.4, -0.2) is 41.7 Å². The van der Waals surface area contributed by atoms with E-state index >= 15 is 0 Å². The van der Waals surface area contributed by atoms with E-state index in [2.05, 4.69) is 52.7 Å². The lowest BCUT2D eigenvalue weighted by molar-refractivity contribution is 0.345. The predicted molar refractivity (Wildman–Crippen MR) is 88.4 cm³/mol. The molecule has 7 heteroatoms. The number of nitrogens with zero attached hydrogens (tertiary/aromatic N) is 3. The first-order valence-electron chi connectivity index (χ1n) is 8.06. The van der Waals surface area contributed by atoms with Crippen LogP contribution in [0.2, 0.25) is 0 Å². The molecule has 0 spiro atoms. The Balaban J connectivity index is 1.73. The van der Waals surface area contributed by atoms with Gasteiger partial charge >= 0.3 is 0 Å². The molecule has 1 saturated carbocycles. The van der Waals surface area contributed by atoms with Crippen molar-refractivity contribution in [2.45, 2.75) is 50.7 Å². The number of nitrogens with one attached hydrogen (secondary N) is 2. The van der Waals surface area contributed by atoms with E-state index in [-0.39, 0.29) is 0 Å². The van der Waals surface area contributed by atoms with Crippen LogP contribution in [0.3, 0.4) is 0 Å². The molecule has 22 heavy (non-hydrogen) atoms. The van der Waals surface area contributed by atoms with Crippen LogP contribution in [0.4, 0.5) is 11.8 Å². The molecule has 2 atom stereocenters. The summed E-state index contributed by atoms with van der Waals surface area (Å²) in [5.41, 5.74) is 19.4. The van der Waals surface area contributed by atoms with Gasteiger partial charge in [0.25, 0.3) is 0 Å². The minimum Gasteiger partial charge on any atom is -0.368 e. The second-order valence-corrected chi connectivity index (χ2v) is 6.85. The molecule has 2 fully saturated rings. The minimum atomic E-state index is 0.305. The highest BCUT2D eigenvalue weighted by molar-refractivity contribution is 5.44. The summed E-state index contributed by atoms with van der Waals surface area (Å²) in [5, 5.41) is 0. The lowest BCUT2D eigenvalue weighted by atomic mass is 9.78. The van der Waals surface area contributed by atoms with Gasteiger partial charge in [-0.1, -0.05) is 0 Å². The monoisotopic (exact) mass is 305 g/mol. The van der Waals surface area contributed by atoms with Crippen molar-refractivity contribution in [2.24, 2.45) is 11.7 Å². The summed E-state index contributed by atoms with van der Waals surface area (Å²) in [5.74, 6) is 2.19. The molecule has 2 unspecified atom stereocenters. The van der Waals surface area contributed by atoms with Gasteiger partial charge in [-0.2, -0.15) is 4.98 Å². The van der Waals surface area contributed by atoms with Gasteiger partial charge in [-0.15, -0.1) is 0 Å². The van der Waals surface area contributed by atoms with Crippen molar-refractivity contribution in [3.63, 3.8) is 0 Å². The molecule has 1 aromatic heterocycles. The first-order valence-corrected chi connectivity index (χ1v) is 8.06. The molecule has 0 bridgehead atoms. The van der Waals surface area contributed by atoms with Crippen LogP contribution in [0.25, 0.3) is 0 Å². The highest BCUT2D eigenvalue weighted by atomic mass is 15.4. The van der Waals surface area contributed by atoms with Crippen molar-refractivity contribution in [3.05, 3.63) is 11.8 Å². The summed E-state index contributed by atoms with van der Waals surface area (Å²) < 4.78 is 0. The van der Waals surface area contributed by atoms with Crippen molar-refractivity contribution in [1.29, 1.82) is 0 Å². The maximum absolute atomic E-state index is 5.91. The fraction of sp³-hybridized carbons (Fsp3) is 0.733. The van der Waals surface area contributed by atoms with E-state index in [4.69, 9.17) is 11.5 Å². The highest BCUT2D eigenvalue weighted by Crippen LogP contribution is 2.35. The first-order chi connectivity index (χ1) is 10.4. The molecule has 1 saturated heterocycles. The Hall–Kier alpha value is -1.44. The molecule has 2 heterocycles. The molecule has 0 aromatic carbocycles. The number of hydrazine groups is 1. The zero-order chi connectivity index (χ0) is 15.9. The minimum absolute atomic E-state index is 0.305. The smallest absolute Gasteiger partial charge is 0.222 e. The van der Waals surface area contributed by atoms with E-state index in [1.54, 1.807) is 0 Å². The van der Waals surface area contributed by atoms with E-state index in [0.29, 0.717) is 35.9 Å². The molecule has 3 rings (SSSR count). The summed E-state index contributed by atoms with van der Waals surface area (Å²) in [7, 11) is 2.07. The molecule has 0 radical (unpaired) electrons. The van der Waals surface area contributed by atoms with Crippen LogP contribution in [0, 0.1) is 5.92 Å². The summed E-state index contributed by atoms with van der Waals surface area (Å²) in [6.45, 7) is 5.32. The second kappa shape index (κ2) is 5.98. The van der Waals surface area contributed by atoms with Crippen molar-refractivity contribution in [2.75, 3.05) is 24.2 Å². The third kappa shape index (κ3) is 3.02. The van der Waals surface area contributed by atoms with Crippen molar-refractivity contribution in [1.82, 2.24) is 20.8 Å². The quantitative estimate of drug-likeness (QED) is 0.630. The summed E-state index contributed by atoms with van der Waals surface area (Å²) in [6, 6.07) is 3.24. The first kappa shape index (κ1) is 15.5. The molecule has 0 amide bonds. The van der Waals surface area contributed by atoms with E-state index in [1.807, 2.05) is 0 Å². The standard InChI is InChI=1S/C15H27N7/c1-8-12(9(2)21-20-8)7-22(3)14-6-13(18-15(17)19-14)10-4-11(16)5-10/h6,8-12,20-21H,4-5,7,16H2,1-3H3,(H2,17,18,19). The molecular weight excluding hydrogens is 278 g/mol. The van der Waals surface area contributed by atoms with Gasteiger partial charge in [-0.05, 0) is 26.7 Å². The van der Waals surface area contributed by atoms with Gasteiger partial charge in [0.1, 0.15) is 5.82 Å². The largest absolute Gasteiger partial charge is 0.368 e. The van der Waals surface area contributed by atoms with Gasteiger partial charge in [-0.3, -0.25) is 10.9 Å². The van der Waals surface area contributed by atoms with Gasteiger partial charge in [0.05, 0.1) is 5.69 Å². The average molecular weight is 305 g/mol. The van der Waals surface area contributed by atoms with Crippen LogP contribution >= 0.6 is 0 Å². The van der Waals surface area contributed by atoms with Gasteiger partial charge in [-0.25, -0.2) is 4.98 Å². The third-order valence-electron chi connectivity index (χ3n) is 5.04. The summed E-state index contributed by atoms with van der Waals surface area (Å²) >= 11 is 0. The van der Waals surface area contributed by atoms with Crippen LogP contribution < -0.4 is 27.2 Å². The number of hydrogen-bond acceptors (Lipinski definition) is 7. The van der Waals surface area contributed by atoms with E-state index in [0.717, 1.165) is 30.9 Å². The Kier molecular flexibility index (Phi) is 4.20. The molecule has 2 aliphatic rings. The van der Waals surface area contributed by atoms with Crippen molar-refractivity contribution < 1.29 is 0 Å². The Labute approximate surface area is 131 Å². The topological polar surface area (TPSA) is 105 Å². The summed E-state index contributed by atoms with van der Waals surface area (Å²) in [4.78, 5) is 11.0. The molecule has 6 N–H and O–H groups in total. The predicted octanol–water partition coefficient (Wildman–Crippen LogP) is 0.201. The molecule has 7 nitrogen and oxygen atoms in total. The second-order valence-electron chi connectivity index (χ2n) is 6.85. The fourth-order valence-electron chi connectivity index (χ4n) is 3.42. The van der Waals surface area contributed by atoms with Gasteiger partial charge in [0.2, 0.25) is 5.95 Å². The third-order valence-corrected chi connectivity index (χ3v) is 5.04. The zero-order valence-electron chi connectivity index (χ0n) is 13.6. The normalized spacial score (nSPS) is 34.5. The number of anilines is 2. The van der Waals surface area contributed by atoms with Crippen LogP contribution in [-0.2, 0) is 0 Å². The number of nitrogen functional groups attached to an aromatic ring is 1. The lowest BCUT2D eigenvalue weighted by Gasteiger charge is -2.33. The maximum atomic E-state index is 5.91. The highest BCUT2D eigenvalue weighted by Gasteiger charge is 2.32. The molecule has 1 aliphatic heterocycles. The molecule has 1 aromatic rings. The van der Waals surface area contributed by atoms with Crippen LogP contribution in [0.1, 0.15) is 38.3 Å². The van der Waals surface area contributed by atoms with E-state index in [1.165, 1.54) is 0 Å². The number of aromatic nitrogens is 2. The molecule has 1 aliphatic carbocycles. The Morgan fingerprint density at radius 3 is 2.45 bits per heavy atom. The number of rotatable bonds is 4. The van der Waals surface area contributed by atoms with Gasteiger partial charge < -0.3 is 16.4 Å². The summed E-state index contributed by atoms with van der Waals surface area (Å²) in [6.07, 6.45) is 1.98. The zero-order valence-corrected chi connectivity index (χ0v) is 13.6. The van der Waals surface area contributed by atoms with Crippen molar-refractivity contribution >= 4 is 11.8 Å². The van der Waals surface area contributed by atoms with Crippen molar-refractivity contribution in [3.8, 4) is 0 Å². The maximum Gasteiger partial charge on any atom is 0.222 e. The van der Waals surface area contributed by atoms with E-state index < -0.39 is 0 Å². The number of hydrogen-bond donors (Lipinski definition) is 4. The Bertz CT molecular complexity index is 519. The lowest BCUT2D eigenvalue weighted by Crippen LogP contribution is -2.37.